The summed E-state index contributed by atoms with van der Waals surface area (Å²) in [6.07, 6.45) is 6.58. The molecule has 0 radical (unpaired) electrons. The van der Waals surface area contributed by atoms with Crippen molar-refractivity contribution in [1.82, 2.24) is 0 Å². The minimum atomic E-state index is 1.22. The predicted molar refractivity (Wildman–Crippen MR) is 74.7 cm³/mol. The Bertz CT molecular complexity index is 284. The van der Waals surface area contributed by atoms with Gasteiger partial charge in [-0.25, -0.2) is 0 Å². The smallest absolute Gasteiger partial charge is 0.0311 e. The summed E-state index contributed by atoms with van der Waals surface area (Å²) in [6, 6.07) is 6.66. The Morgan fingerprint density at radius 3 is 2.64 bits per heavy atom. The highest BCUT2D eigenvalue weighted by Gasteiger charge is 1.98. The first-order chi connectivity index (χ1) is 6.74. The number of benzene rings is 1. The van der Waals surface area contributed by atoms with Crippen molar-refractivity contribution in [2.75, 3.05) is 0 Å². The van der Waals surface area contributed by atoms with Crippen molar-refractivity contribution < 1.29 is 0 Å². The van der Waals surface area contributed by atoms with Crippen LogP contribution in [0.2, 0.25) is 0 Å². The van der Waals surface area contributed by atoms with E-state index in [1.807, 2.05) is 0 Å². The molecule has 0 spiro atoms. The number of halogens is 2. The summed E-state index contributed by atoms with van der Waals surface area (Å²) < 4.78 is 2.52. The van der Waals surface area contributed by atoms with E-state index in [2.05, 4.69) is 63.6 Å². The second-order valence-corrected chi connectivity index (χ2v) is 5.58. The van der Waals surface area contributed by atoms with Crippen LogP contribution in [-0.4, -0.2) is 0 Å². The molecule has 0 aliphatic carbocycles. The van der Waals surface area contributed by atoms with Crippen molar-refractivity contribution in [2.45, 2.75) is 39.0 Å². The molecule has 14 heavy (non-hydrogen) atoms. The molecule has 0 amide bonds. The van der Waals surface area contributed by atoms with E-state index in [0.717, 1.165) is 0 Å². The van der Waals surface area contributed by atoms with E-state index in [4.69, 9.17) is 0 Å². The van der Waals surface area contributed by atoms with E-state index >= 15 is 0 Å². The van der Waals surface area contributed by atoms with Crippen LogP contribution >= 0.6 is 38.5 Å². The third-order valence-electron chi connectivity index (χ3n) is 2.30. The fourth-order valence-corrected chi connectivity index (χ4v) is 2.21. The summed E-state index contributed by atoms with van der Waals surface area (Å²) in [7, 11) is 0. The fraction of sp³-hybridized carbons (Fsp3) is 0.500. The summed E-state index contributed by atoms with van der Waals surface area (Å²) in [5.41, 5.74) is 1.45. The minimum Gasteiger partial charge on any atom is -0.0654 e. The number of hydrogen-bond acceptors (Lipinski definition) is 0. The average Bonchev–Trinajstić information content (AvgIpc) is 2.18. The molecule has 0 saturated heterocycles. The monoisotopic (exact) mass is 366 g/mol. The summed E-state index contributed by atoms with van der Waals surface area (Å²) >= 11 is 5.91. The number of rotatable bonds is 5. The zero-order valence-corrected chi connectivity index (χ0v) is 12.3. The lowest BCUT2D eigenvalue weighted by Gasteiger charge is -2.03. The molecule has 2 heteroatoms. The van der Waals surface area contributed by atoms with E-state index in [9.17, 15) is 0 Å². The van der Waals surface area contributed by atoms with E-state index in [-0.39, 0.29) is 0 Å². The molecule has 78 valence electrons. The Hall–Kier alpha value is 0.430. The van der Waals surface area contributed by atoms with Gasteiger partial charge in [0.05, 0.1) is 0 Å². The highest BCUT2D eigenvalue weighted by Crippen LogP contribution is 2.21. The van der Waals surface area contributed by atoms with Crippen LogP contribution in [0.15, 0.2) is 22.7 Å². The molecular weight excluding hydrogens is 351 g/mol. The lowest BCUT2D eigenvalue weighted by Crippen LogP contribution is -1.87. The topological polar surface area (TPSA) is 0 Å². The maximum Gasteiger partial charge on any atom is 0.0311 e. The van der Waals surface area contributed by atoms with Gasteiger partial charge >= 0.3 is 0 Å². The lowest BCUT2D eigenvalue weighted by molar-refractivity contribution is 0.667. The van der Waals surface area contributed by atoms with Crippen LogP contribution in [0.1, 0.15) is 38.2 Å². The first-order valence-corrected chi connectivity index (χ1v) is 7.05. The van der Waals surface area contributed by atoms with E-state index in [0.29, 0.717) is 0 Å². The van der Waals surface area contributed by atoms with Crippen LogP contribution in [-0.2, 0) is 6.42 Å². The van der Waals surface area contributed by atoms with Gasteiger partial charge in [0.15, 0.2) is 0 Å². The second kappa shape index (κ2) is 6.83. The van der Waals surface area contributed by atoms with Gasteiger partial charge in [0.1, 0.15) is 0 Å². The zero-order chi connectivity index (χ0) is 10.4. The molecule has 0 heterocycles. The van der Waals surface area contributed by atoms with Crippen LogP contribution in [0.5, 0.6) is 0 Å². The van der Waals surface area contributed by atoms with Gasteiger partial charge in [0.2, 0.25) is 0 Å². The highest BCUT2D eigenvalue weighted by atomic mass is 127. The molecule has 0 aliphatic rings. The van der Waals surface area contributed by atoms with Crippen molar-refractivity contribution in [3.8, 4) is 0 Å². The standard InChI is InChI=1S/C12H16BrI/c1-2-3-4-5-6-10-7-8-12(14)11(13)9-10/h7-9H,2-6H2,1H3. The van der Waals surface area contributed by atoms with E-state index in [1.165, 1.54) is 45.7 Å². The Morgan fingerprint density at radius 2 is 2.00 bits per heavy atom. The molecule has 0 unspecified atom stereocenters. The summed E-state index contributed by atoms with van der Waals surface area (Å²) in [6.45, 7) is 2.25. The van der Waals surface area contributed by atoms with Gasteiger partial charge in [-0.2, -0.15) is 0 Å². The first-order valence-electron chi connectivity index (χ1n) is 5.18. The molecule has 1 aromatic rings. The molecule has 0 N–H and O–H groups in total. The zero-order valence-electron chi connectivity index (χ0n) is 8.52. The van der Waals surface area contributed by atoms with E-state index < -0.39 is 0 Å². The molecule has 0 bridgehead atoms. The minimum absolute atomic E-state index is 1.22. The number of aryl methyl sites for hydroxylation is 1. The Balaban J connectivity index is 2.39. The quantitative estimate of drug-likeness (QED) is 0.497. The van der Waals surface area contributed by atoms with Crippen LogP contribution in [0.3, 0.4) is 0 Å². The summed E-state index contributed by atoms with van der Waals surface area (Å²) in [4.78, 5) is 0. The maximum atomic E-state index is 3.56. The molecule has 0 aromatic heterocycles. The first kappa shape index (κ1) is 12.5. The van der Waals surface area contributed by atoms with Gasteiger partial charge in [-0.3, -0.25) is 0 Å². The molecule has 0 atom stereocenters. The molecule has 0 nitrogen and oxygen atoms in total. The van der Waals surface area contributed by atoms with Crippen molar-refractivity contribution in [3.63, 3.8) is 0 Å². The molecular formula is C12H16BrI. The number of unbranched alkanes of at least 4 members (excludes halogenated alkanes) is 3. The van der Waals surface area contributed by atoms with Crippen molar-refractivity contribution >= 4 is 38.5 Å². The van der Waals surface area contributed by atoms with Gasteiger partial charge < -0.3 is 0 Å². The van der Waals surface area contributed by atoms with Crippen LogP contribution in [0.25, 0.3) is 0 Å². The van der Waals surface area contributed by atoms with Gasteiger partial charge in [-0.1, -0.05) is 32.3 Å². The fourth-order valence-electron chi connectivity index (χ4n) is 1.45. The largest absolute Gasteiger partial charge is 0.0654 e. The van der Waals surface area contributed by atoms with Crippen molar-refractivity contribution in [2.24, 2.45) is 0 Å². The molecule has 1 rings (SSSR count). The Morgan fingerprint density at radius 1 is 1.21 bits per heavy atom. The van der Waals surface area contributed by atoms with Gasteiger partial charge in [-0.15, -0.1) is 0 Å². The molecule has 0 fully saturated rings. The number of hydrogen-bond donors (Lipinski definition) is 0. The van der Waals surface area contributed by atoms with Gasteiger partial charge in [0.25, 0.3) is 0 Å². The predicted octanol–water partition coefficient (Wildman–Crippen LogP) is 5.18. The second-order valence-electron chi connectivity index (χ2n) is 3.56. The maximum absolute atomic E-state index is 3.56. The molecule has 1 aromatic carbocycles. The SMILES string of the molecule is CCCCCCc1ccc(I)c(Br)c1. The van der Waals surface area contributed by atoms with Gasteiger partial charge in [-0.05, 0) is 69.1 Å². The normalized spacial score (nSPS) is 10.5. The van der Waals surface area contributed by atoms with Crippen LogP contribution in [0.4, 0.5) is 0 Å². The molecule has 0 saturated carbocycles. The summed E-state index contributed by atoms with van der Waals surface area (Å²) in [5, 5.41) is 0. The Labute approximate surface area is 109 Å². The van der Waals surface area contributed by atoms with Gasteiger partial charge in [0, 0.05) is 8.04 Å². The highest BCUT2D eigenvalue weighted by molar-refractivity contribution is 14.1. The van der Waals surface area contributed by atoms with E-state index in [1.54, 1.807) is 0 Å². The molecule has 0 aliphatic heterocycles. The van der Waals surface area contributed by atoms with Crippen LogP contribution in [0, 0.1) is 3.57 Å². The average molecular weight is 367 g/mol. The third-order valence-corrected chi connectivity index (χ3v) is 4.64. The summed E-state index contributed by atoms with van der Waals surface area (Å²) in [5.74, 6) is 0. The Kier molecular flexibility index (Phi) is 6.10. The third kappa shape index (κ3) is 4.30. The lowest BCUT2D eigenvalue weighted by atomic mass is 10.1. The van der Waals surface area contributed by atoms with Crippen LogP contribution < -0.4 is 0 Å². The van der Waals surface area contributed by atoms with Crippen molar-refractivity contribution in [1.29, 1.82) is 0 Å². The van der Waals surface area contributed by atoms with Crippen molar-refractivity contribution in [3.05, 3.63) is 31.8 Å².